The van der Waals surface area contributed by atoms with E-state index in [4.69, 9.17) is 0 Å². The summed E-state index contributed by atoms with van der Waals surface area (Å²) in [5.74, 6) is 0.926. The number of fused-ring (bicyclic) bond motifs is 1. The van der Waals surface area contributed by atoms with Gasteiger partial charge in [0.1, 0.15) is 0 Å². The Bertz CT molecular complexity index is 333. The molecule has 14 heavy (non-hydrogen) atoms. The summed E-state index contributed by atoms with van der Waals surface area (Å²) < 4.78 is 0. The van der Waals surface area contributed by atoms with E-state index in [1.807, 2.05) is 0 Å². The number of aryl methyl sites for hydroxylation is 1. The Morgan fingerprint density at radius 3 is 2.50 bits per heavy atom. The molecule has 1 saturated carbocycles. The van der Waals surface area contributed by atoms with Gasteiger partial charge in [-0.25, -0.2) is 0 Å². The quantitative estimate of drug-likeness (QED) is 0.749. The molecule has 1 N–H and O–H groups in total. The van der Waals surface area contributed by atoms with Gasteiger partial charge in [-0.05, 0) is 31.4 Å². The minimum Gasteiger partial charge on any atom is -0.316 e. The van der Waals surface area contributed by atoms with Crippen LogP contribution in [0.4, 0.5) is 0 Å². The first-order valence-electron chi connectivity index (χ1n) is 5.09. The molecular formula is C12H16ClN. The monoisotopic (exact) mass is 209 g/mol. The maximum atomic E-state index is 3.48. The molecule has 2 fully saturated rings. The van der Waals surface area contributed by atoms with Crippen LogP contribution in [0, 0.1) is 12.8 Å². The Morgan fingerprint density at radius 2 is 2.00 bits per heavy atom. The lowest BCUT2D eigenvalue weighted by Crippen LogP contribution is -2.19. The zero-order valence-corrected chi connectivity index (χ0v) is 9.23. The molecule has 1 aliphatic carbocycles. The second kappa shape index (κ2) is 3.25. The fourth-order valence-electron chi connectivity index (χ4n) is 2.68. The van der Waals surface area contributed by atoms with Crippen molar-refractivity contribution in [1.82, 2.24) is 5.32 Å². The second-order valence-electron chi connectivity index (χ2n) is 4.55. The van der Waals surface area contributed by atoms with Crippen LogP contribution < -0.4 is 5.32 Å². The molecule has 0 bridgehead atoms. The first kappa shape index (κ1) is 10.0. The number of hydrogen-bond donors (Lipinski definition) is 1. The van der Waals surface area contributed by atoms with E-state index < -0.39 is 0 Å². The van der Waals surface area contributed by atoms with E-state index in [-0.39, 0.29) is 12.4 Å². The molecule has 1 aromatic rings. The van der Waals surface area contributed by atoms with Crippen LogP contribution in [-0.2, 0) is 5.41 Å². The molecule has 0 spiro atoms. The minimum absolute atomic E-state index is 0. The maximum absolute atomic E-state index is 3.48. The van der Waals surface area contributed by atoms with Crippen molar-refractivity contribution in [3.05, 3.63) is 35.4 Å². The van der Waals surface area contributed by atoms with Crippen molar-refractivity contribution in [2.24, 2.45) is 5.92 Å². The molecule has 1 aromatic carbocycles. The highest BCUT2D eigenvalue weighted by Gasteiger charge is 2.57. The lowest BCUT2D eigenvalue weighted by atomic mass is 9.94. The molecule has 2 atom stereocenters. The van der Waals surface area contributed by atoms with Gasteiger partial charge in [0.2, 0.25) is 0 Å². The number of benzene rings is 1. The van der Waals surface area contributed by atoms with Gasteiger partial charge in [0.25, 0.3) is 0 Å². The Kier molecular flexibility index (Phi) is 2.32. The van der Waals surface area contributed by atoms with Crippen molar-refractivity contribution in [1.29, 1.82) is 0 Å². The molecule has 0 aromatic heterocycles. The van der Waals surface area contributed by atoms with Gasteiger partial charge in [0, 0.05) is 12.0 Å². The highest BCUT2D eigenvalue weighted by molar-refractivity contribution is 5.85. The summed E-state index contributed by atoms with van der Waals surface area (Å²) in [6, 6.07) is 9.08. The molecule has 1 nitrogen and oxygen atoms in total. The van der Waals surface area contributed by atoms with Crippen molar-refractivity contribution in [2.45, 2.75) is 18.8 Å². The van der Waals surface area contributed by atoms with E-state index in [0.29, 0.717) is 5.41 Å². The van der Waals surface area contributed by atoms with E-state index in [1.165, 1.54) is 25.1 Å². The molecule has 1 heterocycles. The fraction of sp³-hybridized carbons (Fsp3) is 0.500. The largest absolute Gasteiger partial charge is 0.316 e. The van der Waals surface area contributed by atoms with Crippen LogP contribution in [0.1, 0.15) is 17.5 Å². The van der Waals surface area contributed by atoms with Crippen molar-refractivity contribution in [3.63, 3.8) is 0 Å². The predicted octanol–water partition coefficient (Wildman–Crippen LogP) is 2.28. The Morgan fingerprint density at radius 1 is 1.29 bits per heavy atom. The van der Waals surface area contributed by atoms with Gasteiger partial charge in [-0.3, -0.25) is 0 Å². The normalized spacial score (nSPS) is 33.4. The van der Waals surface area contributed by atoms with E-state index >= 15 is 0 Å². The van der Waals surface area contributed by atoms with Gasteiger partial charge in [0.05, 0.1) is 0 Å². The SMILES string of the molecule is Cc1ccc([C@]23CNC[C@@H]2C3)cc1.Cl. The molecule has 76 valence electrons. The standard InChI is InChI=1S/C12H15N.ClH/c1-9-2-4-10(5-3-9)12-6-11(12)7-13-8-12;/h2-5,11,13H,6-8H2,1H3;1H/t11-,12-;/m0./s1. The number of hydrogen-bond acceptors (Lipinski definition) is 1. The maximum Gasteiger partial charge on any atom is 0.0122 e. The second-order valence-corrected chi connectivity index (χ2v) is 4.55. The summed E-state index contributed by atoms with van der Waals surface area (Å²) in [6.07, 6.45) is 1.41. The summed E-state index contributed by atoms with van der Waals surface area (Å²) in [7, 11) is 0. The van der Waals surface area contributed by atoms with Gasteiger partial charge < -0.3 is 5.32 Å². The van der Waals surface area contributed by atoms with Crippen LogP contribution in [0.25, 0.3) is 0 Å². The summed E-state index contributed by atoms with van der Waals surface area (Å²) in [4.78, 5) is 0. The molecule has 1 saturated heterocycles. The third-order valence-corrected chi connectivity index (χ3v) is 3.69. The average molecular weight is 210 g/mol. The first-order valence-corrected chi connectivity index (χ1v) is 5.09. The third-order valence-electron chi connectivity index (χ3n) is 3.69. The van der Waals surface area contributed by atoms with E-state index in [9.17, 15) is 0 Å². The third kappa shape index (κ3) is 1.27. The van der Waals surface area contributed by atoms with E-state index in [2.05, 4.69) is 36.5 Å². The highest BCUT2D eigenvalue weighted by atomic mass is 35.5. The van der Waals surface area contributed by atoms with Crippen LogP contribution in [0.2, 0.25) is 0 Å². The van der Waals surface area contributed by atoms with Crippen LogP contribution in [0.15, 0.2) is 24.3 Å². The zero-order chi connectivity index (χ0) is 8.89. The van der Waals surface area contributed by atoms with Crippen molar-refractivity contribution in [3.8, 4) is 0 Å². The Labute approximate surface area is 91.3 Å². The first-order chi connectivity index (χ1) is 6.31. The molecule has 3 rings (SSSR count). The number of rotatable bonds is 1. The molecular weight excluding hydrogens is 194 g/mol. The van der Waals surface area contributed by atoms with E-state index in [1.54, 1.807) is 5.56 Å². The van der Waals surface area contributed by atoms with Crippen molar-refractivity contribution < 1.29 is 0 Å². The van der Waals surface area contributed by atoms with Gasteiger partial charge >= 0.3 is 0 Å². The van der Waals surface area contributed by atoms with Gasteiger partial charge in [-0.15, -0.1) is 12.4 Å². The van der Waals surface area contributed by atoms with Crippen LogP contribution in [0.5, 0.6) is 0 Å². The molecule has 1 aliphatic heterocycles. The average Bonchev–Trinajstić information content (AvgIpc) is 2.71. The fourth-order valence-corrected chi connectivity index (χ4v) is 2.68. The van der Waals surface area contributed by atoms with Gasteiger partial charge in [0.15, 0.2) is 0 Å². The summed E-state index contributed by atoms with van der Waals surface area (Å²) >= 11 is 0. The molecule has 0 unspecified atom stereocenters. The van der Waals surface area contributed by atoms with Gasteiger partial charge in [-0.1, -0.05) is 29.8 Å². The molecule has 0 radical (unpaired) electrons. The van der Waals surface area contributed by atoms with Crippen LogP contribution >= 0.6 is 12.4 Å². The number of nitrogens with one attached hydrogen (secondary N) is 1. The van der Waals surface area contributed by atoms with Crippen LogP contribution in [0.3, 0.4) is 0 Å². The Hall–Kier alpha value is -0.530. The zero-order valence-electron chi connectivity index (χ0n) is 8.42. The Balaban J connectivity index is 0.000000750. The summed E-state index contributed by atoms with van der Waals surface area (Å²) in [5, 5.41) is 3.48. The smallest absolute Gasteiger partial charge is 0.0122 e. The van der Waals surface area contributed by atoms with Gasteiger partial charge in [-0.2, -0.15) is 0 Å². The predicted molar refractivity (Wildman–Crippen MR) is 61.1 cm³/mol. The number of halogens is 1. The molecule has 2 heteroatoms. The highest BCUT2D eigenvalue weighted by Crippen LogP contribution is 2.56. The van der Waals surface area contributed by atoms with Crippen molar-refractivity contribution >= 4 is 12.4 Å². The number of piperidine rings is 1. The van der Waals surface area contributed by atoms with Crippen LogP contribution in [-0.4, -0.2) is 13.1 Å². The lowest BCUT2D eigenvalue weighted by Gasteiger charge is -2.11. The minimum atomic E-state index is 0. The van der Waals surface area contributed by atoms with Crippen molar-refractivity contribution in [2.75, 3.05) is 13.1 Å². The molecule has 2 aliphatic rings. The van der Waals surface area contributed by atoms with E-state index in [0.717, 1.165) is 5.92 Å². The summed E-state index contributed by atoms with van der Waals surface area (Å²) in [6.45, 7) is 4.58. The topological polar surface area (TPSA) is 12.0 Å². The molecule has 0 amide bonds. The summed E-state index contributed by atoms with van der Waals surface area (Å²) in [5.41, 5.74) is 3.45. The lowest BCUT2D eigenvalue weighted by molar-refractivity contribution is 0.675.